The molecule has 0 aliphatic rings. The number of aryl methyl sites for hydroxylation is 1. The Labute approximate surface area is 163 Å². The number of fused-ring (bicyclic) bond motifs is 1. The maximum absolute atomic E-state index is 13.1. The van der Waals surface area contributed by atoms with Gasteiger partial charge >= 0.3 is 5.69 Å². The first-order chi connectivity index (χ1) is 12.8. The molecule has 3 aromatic rings. The zero-order valence-electron chi connectivity index (χ0n) is 15.3. The van der Waals surface area contributed by atoms with Crippen LogP contribution in [0.25, 0.3) is 11.2 Å². The minimum atomic E-state index is -0.573. The van der Waals surface area contributed by atoms with E-state index in [4.69, 9.17) is 0 Å². The smallest absolute Gasteiger partial charge is 0.309 e. The van der Waals surface area contributed by atoms with E-state index in [1.54, 1.807) is 41.9 Å². The van der Waals surface area contributed by atoms with Crippen LogP contribution in [-0.4, -0.2) is 24.5 Å². The average molecular weight is 431 g/mol. The number of carbonyl (C=O) groups excluding carboxylic acids is 1. The van der Waals surface area contributed by atoms with E-state index in [2.05, 4.69) is 20.9 Å². The Balaban J connectivity index is 2.19. The SMILES string of the molecule is C/C=C(/C)Cn1c(Br)nc2c1c(=O)n(CC(=O)c1ccccc1)c(=O)n2C. The van der Waals surface area contributed by atoms with Crippen molar-refractivity contribution in [2.75, 3.05) is 0 Å². The summed E-state index contributed by atoms with van der Waals surface area (Å²) in [6, 6.07) is 8.60. The fraction of sp³-hybridized carbons (Fsp3) is 0.263. The monoisotopic (exact) mass is 430 g/mol. The molecule has 27 heavy (non-hydrogen) atoms. The summed E-state index contributed by atoms with van der Waals surface area (Å²) < 4.78 is 4.42. The minimum absolute atomic E-state index is 0.282. The largest absolute Gasteiger partial charge is 0.332 e. The van der Waals surface area contributed by atoms with Gasteiger partial charge in [0, 0.05) is 19.2 Å². The first-order valence-electron chi connectivity index (χ1n) is 8.40. The lowest BCUT2D eigenvalue weighted by Gasteiger charge is -2.10. The number of Topliss-reactive ketones (excluding diaryl/α,β-unsaturated/α-hetero) is 1. The summed E-state index contributed by atoms with van der Waals surface area (Å²) in [5.74, 6) is -0.302. The van der Waals surface area contributed by atoms with Gasteiger partial charge in [-0.2, -0.15) is 0 Å². The maximum atomic E-state index is 13.1. The summed E-state index contributed by atoms with van der Waals surface area (Å²) >= 11 is 3.37. The van der Waals surface area contributed by atoms with Gasteiger partial charge in [-0.1, -0.05) is 42.0 Å². The highest BCUT2D eigenvalue weighted by atomic mass is 79.9. The molecule has 8 heteroatoms. The number of nitrogens with zero attached hydrogens (tertiary/aromatic N) is 4. The number of aromatic nitrogens is 4. The van der Waals surface area contributed by atoms with Crippen LogP contribution in [0, 0.1) is 0 Å². The van der Waals surface area contributed by atoms with E-state index in [1.807, 2.05) is 19.9 Å². The second kappa shape index (κ2) is 7.48. The molecule has 0 unspecified atom stereocenters. The molecule has 1 aromatic carbocycles. The normalized spacial score (nSPS) is 11.9. The lowest BCUT2D eigenvalue weighted by atomic mass is 10.1. The summed E-state index contributed by atoms with van der Waals surface area (Å²) in [4.78, 5) is 42.6. The number of hydrogen-bond acceptors (Lipinski definition) is 4. The molecule has 140 valence electrons. The first-order valence-corrected chi connectivity index (χ1v) is 9.20. The van der Waals surface area contributed by atoms with Crippen LogP contribution < -0.4 is 11.2 Å². The van der Waals surface area contributed by atoms with Crippen LogP contribution in [0.3, 0.4) is 0 Å². The van der Waals surface area contributed by atoms with Crippen molar-refractivity contribution in [2.24, 2.45) is 7.05 Å². The molecule has 0 radical (unpaired) electrons. The van der Waals surface area contributed by atoms with Crippen molar-refractivity contribution in [2.45, 2.75) is 26.9 Å². The summed E-state index contributed by atoms with van der Waals surface area (Å²) in [6.07, 6.45) is 1.94. The Bertz CT molecular complexity index is 1170. The van der Waals surface area contributed by atoms with Gasteiger partial charge in [0.05, 0.1) is 6.54 Å². The van der Waals surface area contributed by atoms with E-state index < -0.39 is 11.2 Å². The summed E-state index contributed by atoms with van der Waals surface area (Å²) in [5, 5.41) is 0. The van der Waals surface area contributed by atoms with Crippen LogP contribution >= 0.6 is 15.9 Å². The van der Waals surface area contributed by atoms with Crippen molar-refractivity contribution >= 4 is 32.9 Å². The van der Waals surface area contributed by atoms with Crippen molar-refractivity contribution in [3.05, 3.63) is 73.1 Å². The quantitative estimate of drug-likeness (QED) is 0.353. The average Bonchev–Trinajstić information content (AvgIpc) is 3.00. The molecule has 0 atom stereocenters. The van der Waals surface area contributed by atoms with E-state index >= 15 is 0 Å². The molecule has 0 bridgehead atoms. The standard InChI is InChI=1S/C19H19BrN4O3/c1-4-12(2)10-23-15-16(21-18(23)20)22(3)19(27)24(17(15)26)11-14(25)13-8-6-5-7-9-13/h4-9H,10-11H2,1-3H3/b12-4-. The highest BCUT2D eigenvalue weighted by Gasteiger charge is 2.20. The molecule has 0 fully saturated rings. The summed E-state index contributed by atoms with van der Waals surface area (Å²) in [7, 11) is 1.54. The fourth-order valence-electron chi connectivity index (χ4n) is 2.83. The minimum Gasteiger partial charge on any atom is -0.309 e. The van der Waals surface area contributed by atoms with Crippen LogP contribution in [0.1, 0.15) is 24.2 Å². The Morgan fingerprint density at radius 1 is 1.15 bits per heavy atom. The molecule has 0 amide bonds. The first kappa shape index (κ1) is 19.0. The highest BCUT2D eigenvalue weighted by molar-refractivity contribution is 9.10. The van der Waals surface area contributed by atoms with Gasteiger partial charge in [0.15, 0.2) is 21.7 Å². The fourth-order valence-corrected chi connectivity index (χ4v) is 3.30. The molecule has 2 heterocycles. The van der Waals surface area contributed by atoms with E-state index in [0.29, 0.717) is 16.8 Å². The molecule has 0 aliphatic carbocycles. The third kappa shape index (κ3) is 3.44. The van der Waals surface area contributed by atoms with Crippen molar-refractivity contribution in [3.63, 3.8) is 0 Å². The molecule has 7 nitrogen and oxygen atoms in total. The molecular weight excluding hydrogens is 412 g/mol. The molecular formula is C19H19BrN4O3. The number of halogens is 1. The third-order valence-electron chi connectivity index (χ3n) is 4.48. The molecule has 2 aromatic heterocycles. The predicted octanol–water partition coefficient (Wildman–Crippen LogP) is 2.51. The number of ketones is 1. The van der Waals surface area contributed by atoms with Crippen LogP contribution in [-0.2, 0) is 20.1 Å². The molecule has 0 saturated carbocycles. The van der Waals surface area contributed by atoms with Gasteiger partial charge in [-0.25, -0.2) is 9.78 Å². The van der Waals surface area contributed by atoms with Crippen LogP contribution in [0.5, 0.6) is 0 Å². The van der Waals surface area contributed by atoms with Crippen LogP contribution in [0.2, 0.25) is 0 Å². The van der Waals surface area contributed by atoms with Gasteiger partial charge in [-0.05, 0) is 29.8 Å². The second-order valence-electron chi connectivity index (χ2n) is 6.30. The molecule has 0 N–H and O–H groups in total. The van der Waals surface area contributed by atoms with Crippen LogP contribution in [0.15, 0.2) is 56.3 Å². The Kier molecular flexibility index (Phi) is 5.27. The van der Waals surface area contributed by atoms with Gasteiger partial charge in [-0.15, -0.1) is 0 Å². The van der Waals surface area contributed by atoms with Gasteiger partial charge in [0.25, 0.3) is 5.56 Å². The van der Waals surface area contributed by atoms with Gasteiger partial charge in [-0.3, -0.25) is 18.7 Å². The number of benzene rings is 1. The molecule has 0 spiro atoms. The summed E-state index contributed by atoms with van der Waals surface area (Å²) in [5.41, 5.74) is 0.951. The number of rotatable bonds is 5. The number of imidazole rings is 1. The molecule has 0 saturated heterocycles. The van der Waals surface area contributed by atoms with E-state index in [-0.39, 0.29) is 23.5 Å². The van der Waals surface area contributed by atoms with Crippen molar-refractivity contribution < 1.29 is 4.79 Å². The topological polar surface area (TPSA) is 78.9 Å². The third-order valence-corrected chi connectivity index (χ3v) is 5.09. The second-order valence-corrected chi connectivity index (χ2v) is 7.01. The van der Waals surface area contributed by atoms with Gasteiger partial charge in [0.2, 0.25) is 0 Å². The Hall–Kier alpha value is -2.74. The van der Waals surface area contributed by atoms with Crippen molar-refractivity contribution in [1.82, 2.24) is 18.7 Å². The maximum Gasteiger partial charge on any atom is 0.332 e. The molecule has 3 rings (SSSR count). The number of allylic oxidation sites excluding steroid dienone is 2. The molecule has 0 aliphatic heterocycles. The lowest BCUT2D eigenvalue weighted by Crippen LogP contribution is -2.41. The zero-order chi connectivity index (χ0) is 19.7. The Morgan fingerprint density at radius 2 is 1.81 bits per heavy atom. The van der Waals surface area contributed by atoms with Gasteiger partial charge < -0.3 is 4.57 Å². The number of carbonyl (C=O) groups is 1. The van der Waals surface area contributed by atoms with Crippen molar-refractivity contribution in [1.29, 1.82) is 0 Å². The Morgan fingerprint density at radius 3 is 2.44 bits per heavy atom. The van der Waals surface area contributed by atoms with E-state index in [0.717, 1.165) is 10.1 Å². The van der Waals surface area contributed by atoms with Crippen molar-refractivity contribution in [3.8, 4) is 0 Å². The summed E-state index contributed by atoms with van der Waals surface area (Å²) in [6.45, 7) is 3.98. The van der Waals surface area contributed by atoms with E-state index in [9.17, 15) is 14.4 Å². The van der Waals surface area contributed by atoms with Crippen LogP contribution in [0.4, 0.5) is 0 Å². The number of hydrogen-bond donors (Lipinski definition) is 0. The highest BCUT2D eigenvalue weighted by Crippen LogP contribution is 2.18. The lowest BCUT2D eigenvalue weighted by molar-refractivity contribution is 0.0969. The predicted molar refractivity (Wildman–Crippen MR) is 107 cm³/mol. The zero-order valence-corrected chi connectivity index (χ0v) is 16.9. The van der Waals surface area contributed by atoms with Gasteiger partial charge in [0.1, 0.15) is 0 Å². The van der Waals surface area contributed by atoms with E-state index in [1.165, 1.54) is 4.57 Å².